The molecular weight excluding hydrogens is 603 g/mol. The fraction of sp³-hybridized carbons (Fsp3) is 0.514. The van der Waals surface area contributed by atoms with Crippen LogP contribution in [-0.2, 0) is 6.42 Å². The summed E-state index contributed by atoms with van der Waals surface area (Å²) in [7, 11) is 0. The summed E-state index contributed by atoms with van der Waals surface area (Å²) in [6.07, 6.45) is 9.40. The number of hydrogen-bond acceptors (Lipinski definition) is 7. The molecule has 4 heterocycles. The van der Waals surface area contributed by atoms with Crippen LogP contribution in [0.15, 0.2) is 30.3 Å². The zero-order valence-corrected chi connectivity index (χ0v) is 26.9. The van der Waals surface area contributed by atoms with Gasteiger partial charge in [0.05, 0.1) is 12.2 Å². The van der Waals surface area contributed by atoms with E-state index in [9.17, 15) is 9.50 Å². The van der Waals surface area contributed by atoms with Crippen molar-refractivity contribution in [3.05, 3.63) is 53.3 Å². The van der Waals surface area contributed by atoms with Gasteiger partial charge in [-0.15, -0.1) is 0 Å². The lowest BCUT2D eigenvalue weighted by atomic mass is 9.91. The number of phenols is 1. The highest BCUT2D eigenvalue weighted by Gasteiger charge is 2.35. The molecule has 2 N–H and O–H groups in total. The number of aromatic hydroxyl groups is 1. The van der Waals surface area contributed by atoms with Crippen molar-refractivity contribution < 1.29 is 23.0 Å². The quantitative estimate of drug-likeness (QED) is 0.178. The molecule has 3 aromatic carbocycles. The van der Waals surface area contributed by atoms with Gasteiger partial charge in [0.25, 0.3) is 0 Å². The molecule has 0 spiro atoms. The molecule has 2 bridgehead atoms. The van der Waals surface area contributed by atoms with Crippen LogP contribution in [0.2, 0.25) is 0 Å². The molecule has 2 unspecified atom stereocenters. The number of nitrogens with one attached hydrogen (secondary N) is 1. The lowest BCUT2D eigenvalue weighted by Crippen LogP contribution is -2.51. The molecule has 3 atom stereocenters. The number of likely N-dealkylation sites (tertiary alicyclic amines) is 1. The number of piperazine rings is 1. The molecule has 3 aliphatic heterocycles. The van der Waals surface area contributed by atoms with E-state index >= 15 is 8.78 Å². The third-order valence-electron chi connectivity index (χ3n) is 10.7. The molecule has 1 aromatic heterocycles. The summed E-state index contributed by atoms with van der Waals surface area (Å²) in [5.41, 5.74) is 0.0118. The predicted octanol–water partition coefficient (Wildman–Crippen LogP) is 7.11. The topological polar surface area (TPSA) is 73.8 Å². The zero-order chi connectivity index (χ0) is 32.2. The van der Waals surface area contributed by atoms with Crippen molar-refractivity contribution in [1.29, 1.82) is 0 Å². The van der Waals surface area contributed by atoms with Crippen LogP contribution >= 0.6 is 0 Å². The number of aryl methyl sites for hydroxylation is 1. The summed E-state index contributed by atoms with van der Waals surface area (Å²) in [5, 5.41) is 15.3. The monoisotopic (exact) mass is 645 g/mol. The molecule has 1 aliphatic carbocycles. The lowest BCUT2D eigenvalue weighted by molar-refractivity contribution is 0.212. The summed E-state index contributed by atoms with van der Waals surface area (Å²) in [6.45, 7) is 5.91. The summed E-state index contributed by atoms with van der Waals surface area (Å²) in [4.78, 5) is 14.0. The Bertz CT molecular complexity index is 1820. The van der Waals surface area contributed by atoms with E-state index < -0.39 is 17.5 Å². The van der Waals surface area contributed by atoms with E-state index in [1.165, 1.54) is 69.1 Å². The maximum atomic E-state index is 16.9. The second-order valence-electron chi connectivity index (χ2n) is 14.0. The Morgan fingerprint density at radius 2 is 1.79 bits per heavy atom. The fourth-order valence-corrected chi connectivity index (χ4v) is 8.30. The lowest BCUT2D eigenvalue weighted by Gasteiger charge is -2.34. The molecule has 3 saturated heterocycles. The maximum Gasteiger partial charge on any atom is 0.319 e. The Hall–Kier alpha value is -3.63. The van der Waals surface area contributed by atoms with Crippen LogP contribution in [0.4, 0.5) is 19.0 Å². The minimum atomic E-state index is -0.883. The van der Waals surface area contributed by atoms with Crippen molar-refractivity contribution >= 4 is 27.5 Å². The Kier molecular flexibility index (Phi) is 8.12. The van der Waals surface area contributed by atoms with Crippen LogP contribution in [0.25, 0.3) is 32.8 Å². The average molecular weight is 646 g/mol. The Morgan fingerprint density at radius 3 is 2.55 bits per heavy atom. The smallest absolute Gasteiger partial charge is 0.319 e. The number of rotatable bonds is 10. The van der Waals surface area contributed by atoms with Gasteiger partial charge in [-0.2, -0.15) is 9.97 Å². The van der Waals surface area contributed by atoms with Gasteiger partial charge in [-0.3, -0.25) is 0 Å². The molecule has 4 aromatic rings. The Labute approximate surface area is 273 Å². The van der Waals surface area contributed by atoms with Gasteiger partial charge in [-0.1, -0.05) is 13.0 Å². The minimum Gasteiger partial charge on any atom is -0.508 e. The van der Waals surface area contributed by atoms with Crippen molar-refractivity contribution in [3.8, 4) is 22.9 Å². The first-order valence-electron chi connectivity index (χ1n) is 17.4. The number of benzene rings is 3. The summed E-state index contributed by atoms with van der Waals surface area (Å²) in [5.74, 6) is -1.01. The second-order valence-corrected chi connectivity index (χ2v) is 14.0. The van der Waals surface area contributed by atoms with Crippen LogP contribution in [0.1, 0.15) is 63.9 Å². The number of fused-ring (bicyclic) bond motifs is 4. The van der Waals surface area contributed by atoms with Gasteiger partial charge >= 0.3 is 6.01 Å². The number of ether oxygens (including phenoxy) is 1. The molecule has 248 valence electrons. The van der Waals surface area contributed by atoms with Crippen molar-refractivity contribution in [2.45, 2.75) is 82.8 Å². The molecule has 1 saturated carbocycles. The molecular formula is C37H42F3N5O2. The van der Waals surface area contributed by atoms with Crippen LogP contribution in [0.5, 0.6) is 11.8 Å². The number of hydrogen-bond donors (Lipinski definition) is 2. The molecule has 10 heteroatoms. The molecule has 0 amide bonds. The molecule has 0 radical (unpaired) electrons. The first-order chi connectivity index (χ1) is 22.9. The van der Waals surface area contributed by atoms with E-state index in [4.69, 9.17) is 9.72 Å². The van der Waals surface area contributed by atoms with Crippen molar-refractivity contribution in [1.82, 2.24) is 20.2 Å². The number of nitrogens with zero attached hydrogens (tertiary/aromatic N) is 4. The van der Waals surface area contributed by atoms with E-state index in [1.54, 1.807) is 6.92 Å². The molecule has 8 rings (SSSR count). The number of aromatic nitrogens is 2. The average Bonchev–Trinajstić information content (AvgIpc) is 3.67. The highest BCUT2D eigenvalue weighted by Crippen LogP contribution is 2.42. The molecule has 4 fully saturated rings. The highest BCUT2D eigenvalue weighted by molar-refractivity contribution is 6.03. The van der Waals surface area contributed by atoms with Crippen molar-refractivity contribution in [3.63, 3.8) is 0 Å². The molecule has 47 heavy (non-hydrogen) atoms. The molecule has 7 nitrogen and oxygen atoms in total. The maximum absolute atomic E-state index is 16.9. The number of anilines is 1. The van der Waals surface area contributed by atoms with Gasteiger partial charge < -0.3 is 25.0 Å². The van der Waals surface area contributed by atoms with Crippen molar-refractivity contribution in [2.75, 3.05) is 37.7 Å². The first kappa shape index (κ1) is 30.7. The van der Waals surface area contributed by atoms with Crippen molar-refractivity contribution in [2.24, 2.45) is 5.92 Å². The van der Waals surface area contributed by atoms with E-state index in [2.05, 4.69) is 20.1 Å². The number of phenolic OH excluding ortho intramolecular Hbond substituents is 1. The zero-order valence-electron chi connectivity index (χ0n) is 26.9. The largest absolute Gasteiger partial charge is 0.508 e. The Balaban J connectivity index is 1.17. The van der Waals surface area contributed by atoms with Crippen LogP contribution in [0.3, 0.4) is 0 Å². The Morgan fingerprint density at radius 1 is 0.979 bits per heavy atom. The standard InChI is InChI=1S/C37H42F3N5O2/c1-2-27-30(38)12-9-22-15-26(46)16-28(32(22)27)33-31(39)17-29-35(34(33)40)42-37(43-36(29)45-19-23-10-11-24(20-45)41-23)47-14-4-6-25-5-3-13-44(25)18-21-7-8-21/h9,12,15-17,21,23-25,41,46H,2-8,10-11,13-14,18-20H2,1H3/t23?,24?,25-/m0/s1. The summed E-state index contributed by atoms with van der Waals surface area (Å²) in [6, 6.07) is 8.11. The second kappa shape index (κ2) is 12.4. The van der Waals surface area contributed by atoms with Gasteiger partial charge in [-0.25, -0.2) is 13.2 Å². The highest BCUT2D eigenvalue weighted by atomic mass is 19.1. The van der Waals surface area contributed by atoms with Crippen LogP contribution in [0, 0.1) is 23.4 Å². The summed E-state index contributed by atoms with van der Waals surface area (Å²) < 4.78 is 54.2. The SMILES string of the molecule is CCc1c(F)ccc2cc(O)cc(-c3c(F)cc4c(N5CC6CCC(C5)N6)nc(OCCC[C@@H]5CCCN5CC5CC5)nc4c3F)c12. The van der Waals surface area contributed by atoms with E-state index in [0.717, 1.165) is 31.6 Å². The minimum absolute atomic E-state index is 0.0513. The third-order valence-corrected chi connectivity index (χ3v) is 10.7. The van der Waals surface area contributed by atoms with Crippen LogP contribution in [-0.4, -0.2) is 70.9 Å². The normalized spacial score (nSPS) is 23.0. The summed E-state index contributed by atoms with van der Waals surface area (Å²) >= 11 is 0. The van der Waals surface area contributed by atoms with Gasteiger partial charge in [0.15, 0.2) is 5.82 Å². The first-order valence-corrected chi connectivity index (χ1v) is 17.4. The van der Waals surface area contributed by atoms with E-state index in [-0.39, 0.29) is 45.9 Å². The van der Waals surface area contributed by atoms with E-state index in [0.29, 0.717) is 54.3 Å². The van der Waals surface area contributed by atoms with E-state index in [1.807, 2.05) is 0 Å². The molecule has 4 aliphatic rings. The van der Waals surface area contributed by atoms with Gasteiger partial charge in [0, 0.05) is 43.1 Å². The van der Waals surface area contributed by atoms with Gasteiger partial charge in [0.2, 0.25) is 0 Å². The fourth-order valence-electron chi connectivity index (χ4n) is 8.30. The third kappa shape index (κ3) is 5.88. The van der Waals surface area contributed by atoms with Crippen LogP contribution < -0.4 is 15.0 Å². The predicted molar refractivity (Wildman–Crippen MR) is 178 cm³/mol. The number of halogens is 3. The van der Waals surface area contributed by atoms with Gasteiger partial charge in [0.1, 0.15) is 28.7 Å². The van der Waals surface area contributed by atoms with Gasteiger partial charge in [-0.05, 0) is 116 Å².